The van der Waals surface area contributed by atoms with Crippen LogP contribution in [0, 0.1) is 47.3 Å². The van der Waals surface area contributed by atoms with Crippen molar-refractivity contribution in [3.63, 3.8) is 0 Å². The van der Waals surface area contributed by atoms with Gasteiger partial charge in [0.05, 0.1) is 49.3 Å². The van der Waals surface area contributed by atoms with Gasteiger partial charge in [-0.05, 0) is 144 Å². The first-order chi connectivity index (χ1) is 27.0. The zero-order valence-corrected chi connectivity index (χ0v) is 36.2. The smallest absolute Gasteiger partial charge is 0.317 e. The van der Waals surface area contributed by atoms with Crippen molar-refractivity contribution < 1.29 is 9.53 Å². The van der Waals surface area contributed by atoms with E-state index in [4.69, 9.17) is 4.74 Å². The molecule has 55 heavy (non-hydrogen) atoms. The van der Waals surface area contributed by atoms with Gasteiger partial charge in [-0.25, -0.2) is 0 Å². The molecule has 5 saturated heterocycles. The number of esters is 1. The summed E-state index contributed by atoms with van der Waals surface area (Å²) in [5.41, 5.74) is 2.18. The topological polar surface area (TPSA) is 123 Å². The Hall–Kier alpha value is -1.23. The maximum atomic E-state index is 14.8. The number of hydrogen-bond acceptors (Lipinski definition) is 12. The van der Waals surface area contributed by atoms with Crippen molar-refractivity contribution >= 4 is 38.9 Å². The molecule has 7 heterocycles. The number of rotatable bonds is 4. The van der Waals surface area contributed by atoms with Crippen LogP contribution in [0.5, 0.6) is 0 Å². The number of ether oxygens (including phenoxy) is 1. The fraction of sp³-hybridized carbons (Fsp3) is 0.786. The molecule has 9 fully saturated rings. The lowest BCUT2D eigenvalue weighted by atomic mass is 9.75. The Labute approximate surface area is 338 Å². The Bertz CT molecular complexity index is 1610. The van der Waals surface area contributed by atoms with Crippen molar-refractivity contribution in [3.05, 3.63) is 44.8 Å². The first kappa shape index (κ1) is 36.8. The summed E-state index contributed by atoms with van der Waals surface area (Å²) in [4.78, 5) is 14.8. The van der Waals surface area contributed by atoms with E-state index in [-0.39, 0.29) is 42.7 Å². The summed E-state index contributed by atoms with van der Waals surface area (Å²) in [6, 6.07) is 4.28. The van der Waals surface area contributed by atoms with Gasteiger partial charge < -0.3 is 4.74 Å². The Morgan fingerprint density at radius 3 is 1.22 bits per heavy atom. The Morgan fingerprint density at radius 2 is 0.855 bits per heavy atom. The fourth-order valence-corrected chi connectivity index (χ4v) is 16.6. The van der Waals surface area contributed by atoms with E-state index in [1.165, 1.54) is 77.0 Å². The summed E-state index contributed by atoms with van der Waals surface area (Å²) in [7, 11) is 0.661. The molecule has 0 radical (unpaired) electrons. The van der Waals surface area contributed by atoms with Crippen molar-refractivity contribution in [2.24, 2.45) is 47.3 Å². The minimum Gasteiger partial charge on any atom is -0.461 e. The molecule has 8 bridgehead atoms. The molecule has 0 amide bonds. The molecule has 8 N–H and O–H groups in total. The molecule has 5 aliphatic heterocycles. The fourth-order valence-electron chi connectivity index (χ4n) is 13.9. The molecule has 11 rings (SSSR count). The van der Waals surface area contributed by atoms with Crippen LogP contribution >= 0.6 is 22.7 Å². The molecule has 4 aliphatic carbocycles. The second kappa shape index (κ2) is 15.1. The summed E-state index contributed by atoms with van der Waals surface area (Å²) in [5.74, 6) is 4.32. The van der Waals surface area contributed by atoms with Crippen molar-refractivity contribution in [1.29, 1.82) is 0 Å². The van der Waals surface area contributed by atoms with Crippen molar-refractivity contribution in [1.82, 2.24) is 42.5 Å². The van der Waals surface area contributed by atoms with E-state index in [0.29, 0.717) is 76.3 Å². The summed E-state index contributed by atoms with van der Waals surface area (Å²) in [6.07, 6.45) is 20.8. The van der Waals surface area contributed by atoms with Crippen LogP contribution in [0.25, 0.3) is 0 Å². The van der Waals surface area contributed by atoms with Gasteiger partial charge in [0, 0.05) is 16.2 Å². The predicted molar refractivity (Wildman–Crippen MR) is 222 cm³/mol. The van der Waals surface area contributed by atoms with Gasteiger partial charge in [-0.1, -0.05) is 38.5 Å². The van der Waals surface area contributed by atoms with Gasteiger partial charge in [-0.15, -0.1) is 0 Å². The lowest BCUT2D eigenvalue weighted by molar-refractivity contribution is -0.158. The number of fused-ring (bicyclic) bond motifs is 20. The van der Waals surface area contributed by atoms with Crippen LogP contribution in [-0.2, 0) is 14.6 Å². The monoisotopic (exact) mass is 804 g/mol. The van der Waals surface area contributed by atoms with E-state index >= 15 is 0 Å². The van der Waals surface area contributed by atoms with Crippen molar-refractivity contribution in [2.45, 2.75) is 157 Å². The minimum absolute atomic E-state index is 0.0484. The average Bonchev–Trinajstić information content (AvgIpc) is 4.08. The number of carbonyl (C=O) groups is 1. The molecule has 0 aromatic carbocycles. The predicted octanol–water partition coefficient (Wildman–Crippen LogP) is 3.56. The maximum Gasteiger partial charge on any atom is 0.317 e. The van der Waals surface area contributed by atoms with Crippen molar-refractivity contribution in [2.75, 3.05) is 0 Å². The quantitative estimate of drug-likeness (QED) is 0.172. The van der Waals surface area contributed by atoms with Crippen LogP contribution in [-0.4, -0.2) is 71.6 Å². The molecule has 17 unspecified atom stereocenters. The van der Waals surface area contributed by atoms with Gasteiger partial charge in [0.15, 0.2) is 0 Å². The number of hydrogen-bond donors (Lipinski definition) is 8. The lowest BCUT2D eigenvalue weighted by Gasteiger charge is -2.40. The second-order valence-electron chi connectivity index (χ2n) is 19.3. The molecule has 300 valence electrons. The first-order valence-corrected chi connectivity index (χ1v) is 25.3. The standard InChI is InChI=1S/C42H64N8O2S2Si/c51-41(42(55,22-16-18-53-20-22)23-17-19-54-21-23)52-31-15-7-14-30-32(31)40-49-38-29-13-6-5-12-28(29)36(47-38)45-34-25-9-2-1-8-24(25)33(43-34)44-35-26-10-3-4-11-27(26)37(46-35)48-39(30)50-40/h16-21,24-40,43-50H,1-15H2,55H3. The van der Waals surface area contributed by atoms with E-state index in [1.807, 2.05) is 0 Å². The average molecular weight is 805 g/mol. The van der Waals surface area contributed by atoms with Crippen molar-refractivity contribution in [3.8, 4) is 0 Å². The van der Waals surface area contributed by atoms with Gasteiger partial charge in [0.25, 0.3) is 0 Å². The van der Waals surface area contributed by atoms with Crippen LogP contribution in [0.2, 0.25) is 0 Å². The van der Waals surface area contributed by atoms with E-state index in [9.17, 15) is 4.79 Å². The highest BCUT2D eigenvalue weighted by atomic mass is 32.1. The maximum absolute atomic E-state index is 14.8. The third-order valence-electron chi connectivity index (χ3n) is 16.7. The van der Waals surface area contributed by atoms with Crippen LogP contribution in [0.15, 0.2) is 33.7 Å². The summed E-state index contributed by atoms with van der Waals surface area (Å²) >= 11 is 3.35. The first-order valence-electron chi connectivity index (χ1n) is 22.4. The number of carbonyl (C=O) groups excluding carboxylic acids is 1. The zero-order chi connectivity index (χ0) is 36.7. The molecule has 17 atom stereocenters. The molecule has 10 nitrogen and oxygen atoms in total. The third-order valence-corrected chi connectivity index (χ3v) is 19.6. The minimum atomic E-state index is -0.691. The van der Waals surface area contributed by atoms with E-state index in [1.54, 1.807) is 22.7 Å². The molecule has 9 aliphatic rings. The zero-order valence-electron chi connectivity index (χ0n) is 32.5. The number of nitrogens with one attached hydrogen (secondary N) is 8. The summed E-state index contributed by atoms with van der Waals surface area (Å²) < 4.78 is 6.94. The molecular formula is C42H64N8O2S2Si. The van der Waals surface area contributed by atoms with Crippen LogP contribution in [0.4, 0.5) is 0 Å². The van der Waals surface area contributed by atoms with Gasteiger partial charge in [0.1, 0.15) is 11.1 Å². The van der Waals surface area contributed by atoms with Crippen LogP contribution in [0.3, 0.4) is 0 Å². The van der Waals surface area contributed by atoms with E-state index < -0.39 is 5.04 Å². The second-order valence-corrected chi connectivity index (χ2v) is 22.3. The molecule has 2 aromatic heterocycles. The van der Waals surface area contributed by atoms with Gasteiger partial charge in [-0.2, -0.15) is 22.7 Å². The highest BCUT2D eigenvalue weighted by Gasteiger charge is 2.56. The summed E-state index contributed by atoms with van der Waals surface area (Å²) in [6.45, 7) is 0. The van der Waals surface area contributed by atoms with E-state index in [0.717, 1.165) is 30.4 Å². The number of thiophene rings is 2. The Kier molecular flexibility index (Phi) is 10.1. The normalized spacial score (nSPS) is 46.7. The molecular weight excluding hydrogens is 741 g/mol. The summed E-state index contributed by atoms with van der Waals surface area (Å²) in [5, 5.41) is 41.8. The third kappa shape index (κ3) is 6.40. The van der Waals surface area contributed by atoms with E-state index in [2.05, 4.69) is 76.2 Å². The van der Waals surface area contributed by atoms with Crippen LogP contribution in [0.1, 0.15) is 107 Å². The van der Waals surface area contributed by atoms with Gasteiger partial charge in [-0.3, -0.25) is 47.3 Å². The Balaban J connectivity index is 0.929. The van der Waals surface area contributed by atoms with Gasteiger partial charge >= 0.3 is 5.97 Å². The van der Waals surface area contributed by atoms with Crippen LogP contribution < -0.4 is 42.5 Å². The molecule has 13 heteroatoms. The largest absolute Gasteiger partial charge is 0.461 e. The molecule has 2 aromatic rings. The SMILES string of the molecule is O=C(OC1CCCC2C3NC4NC(NC5NC(NC6NC(NC(N3)C12)C1CCCCC61)C1CCCCC51)C1CCCCC41)C([SiH3])(c1ccsc1)c1ccsc1. The Morgan fingerprint density at radius 1 is 0.509 bits per heavy atom. The van der Waals surface area contributed by atoms with Gasteiger partial charge in [0.2, 0.25) is 0 Å². The molecule has 4 saturated carbocycles. The molecule has 0 spiro atoms. The highest BCUT2D eigenvalue weighted by Crippen LogP contribution is 2.47. The highest BCUT2D eigenvalue weighted by molar-refractivity contribution is 7.08. The lowest BCUT2D eigenvalue weighted by Crippen LogP contribution is -2.62.